The first-order valence-electron chi connectivity index (χ1n) is 7.57. The zero-order valence-electron chi connectivity index (χ0n) is 13.0. The summed E-state index contributed by atoms with van der Waals surface area (Å²) < 4.78 is 32.6. The molecule has 1 unspecified atom stereocenters. The fraction of sp³-hybridized carbons (Fsp3) is 0.167. The minimum Gasteiger partial charge on any atom is -0.483 e. The van der Waals surface area contributed by atoms with Crippen LogP contribution in [0.5, 0.6) is 0 Å². The summed E-state index contributed by atoms with van der Waals surface area (Å²) in [5, 5.41) is 0. The number of ether oxygens (including phenoxy) is 1. The molecule has 0 saturated carbocycles. The van der Waals surface area contributed by atoms with Crippen LogP contribution in [0.1, 0.15) is 23.7 Å². The Balaban J connectivity index is 1.91. The lowest BCUT2D eigenvalue weighted by Crippen LogP contribution is -2.38. The van der Waals surface area contributed by atoms with Gasteiger partial charge in [0, 0.05) is 12.6 Å². The van der Waals surface area contributed by atoms with Crippen molar-refractivity contribution in [3.05, 3.63) is 70.6 Å². The van der Waals surface area contributed by atoms with E-state index in [1.54, 1.807) is 24.3 Å². The third-order valence-electron chi connectivity index (χ3n) is 4.37. The Morgan fingerprint density at radius 2 is 1.71 bits per heavy atom. The number of rotatable bonds is 1. The van der Waals surface area contributed by atoms with E-state index in [2.05, 4.69) is 0 Å². The molecule has 24 heavy (non-hydrogen) atoms. The Kier molecular flexibility index (Phi) is 3.25. The number of para-hydroxylation sites is 1. The zero-order valence-corrected chi connectivity index (χ0v) is 13.8. The fourth-order valence-electron chi connectivity index (χ4n) is 3.13. The van der Waals surface area contributed by atoms with Crippen LogP contribution in [-0.4, -0.2) is 21.2 Å². The molecule has 6 heteroatoms. The molecule has 0 fully saturated rings. The first-order chi connectivity index (χ1) is 11.5. The number of nitrogens with zero attached hydrogens (tertiary/aromatic N) is 1. The smallest absolute Gasteiger partial charge is 0.271 e. The average Bonchev–Trinajstić information content (AvgIpc) is 2.60. The highest BCUT2D eigenvalue weighted by Gasteiger charge is 2.44. The summed E-state index contributed by atoms with van der Waals surface area (Å²) in [6, 6.07) is 16.4. The van der Waals surface area contributed by atoms with Gasteiger partial charge in [0.05, 0.1) is 12.1 Å². The van der Waals surface area contributed by atoms with Gasteiger partial charge in [0.25, 0.3) is 10.0 Å². The van der Waals surface area contributed by atoms with Crippen LogP contribution >= 0.6 is 0 Å². The standard InChI is InChI=1S/C18H15NO4S/c1-19-14-10-6-5-9-13(14)17-18(24(19,21)22)15(20)11-16(23-17)12-7-3-2-4-8-12/h2-10,16H,11H2,1H3. The van der Waals surface area contributed by atoms with Crippen LogP contribution < -0.4 is 4.31 Å². The lowest BCUT2D eigenvalue weighted by molar-refractivity contribution is -0.118. The van der Waals surface area contributed by atoms with Crippen LogP contribution in [0, 0.1) is 0 Å². The maximum atomic E-state index is 12.7. The van der Waals surface area contributed by atoms with Crippen molar-refractivity contribution in [3.8, 4) is 0 Å². The van der Waals surface area contributed by atoms with Gasteiger partial charge in [-0.3, -0.25) is 9.10 Å². The number of ketones is 1. The largest absolute Gasteiger partial charge is 0.483 e. The zero-order chi connectivity index (χ0) is 16.9. The van der Waals surface area contributed by atoms with Gasteiger partial charge in [0.15, 0.2) is 16.4 Å². The average molecular weight is 341 g/mol. The fourth-order valence-corrected chi connectivity index (χ4v) is 4.59. The van der Waals surface area contributed by atoms with Gasteiger partial charge in [-0.2, -0.15) is 0 Å². The van der Waals surface area contributed by atoms with E-state index in [0.29, 0.717) is 11.3 Å². The Labute approximate surface area is 140 Å². The molecule has 0 amide bonds. The molecule has 0 aromatic heterocycles. The van der Waals surface area contributed by atoms with Gasteiger partial charge in [-0.25, -0.2) is 8.42 Å². The molecule has 0 aliphatic carbocycles. The third-order valence-corrected chi connectivity index (χ3v) is 6.21. The first-order valence-corrected chi connectivity index (χ1v) is 9.01. The number of sulfonamides is 1. The topological polar surface area (TPSA) is 63.7 Å². The molecule has 5 nitrogen and oxygen atoms in total. The molecule has 2 aromatic carbocycles. The molecule has 0 N–H and O–H groups in total. The molecular weight excluding hydrogens is 326 g/mol. The number of carbonyl (C=O) groups excluding carboxylic acids is 1. The molecule has 122 valence electrons. The Morgan fingerprint density at radius 3 is 2.46 bits per heavy atom. The van der Waals surface area contributed by atoms with Crippen molar-refractivity contribution in [2.75, 3.05) is 11.4 Å². The Morgan fingerprint density at radius 1 is 1.04 bits per heavy atom. The number of Topliss-reactive ketones (excluding diaryl/α,β-unsaturated/α-hetero) is 1. The molecule has 2 aliphatic rings. The summed E-state index contributed by atoms with van der Waals surface area (Å²) in [7, 11) is -2.44. The summed E-state index contributed by atoms with van der Waals surface area (Å²) in [5.41, 5.74) is 1.99. The third kappa shape index (κ3) is 2.06. The maximum Gasteiger partial charge on any atom is 0.271 e. The highest BCUT2D eigenvalue weighted by Crippen LogP contribution is 2.45. The van der Waals surface area contributed by atoms with Crippen LogP contribution in [0.15, 0.2) is 59.5 Å². The molecule has 4 rings (SSSR count). The van der Waals surface area contributed by atoms with Gasteiger partial charge >= 0.3 is 0 Å². The molecule has 0 spiro atoms. The normalized spacial score (nSPS) is 21.8. The monoisotopic (exact) mass is 341 g/mol. The van der Waals surface area contributed by atoms with Crippen molar-refractivity contribution >= 4 is 27.3 Å². The number of benzene rings is 2. The number of hydrogen-bond donors (Lipinski definition) is 0. The van der Waals surface area contributed by atoms with Crippen LogP contribution in [0.25, 0.3) is 5.76 Å². The molecule has 1 atom stereocenters. The second-order valence-electron chi connectivity index (χ2n) is 5.79. The van der Waals surface area contributed by atoms with Gasteiger partial charge in [0.1, 0.15) is 6.10 Å². The predicted octanol–water partition coefficient (Wildman–Crippen LogP) is 2.87. The number of allylic oxidation sites excluding steroid dienone is 1. The Hall–Kier alpha value is -2.60. The van der Waals surface area contributed by atoms with Crippen LogP contribution in [0.4, 0.5) is 5.69 Å². The van der Waals surface area contributed by atoms with Gasteiger partial charge in [-0.05, 0) is 17.7 Å². The van der Waals surface area contributed by atoms with Crippen LogP contribution in [0.2, 0.25) is 0 Å². The molecule has 2 aromatic rings. The van der Waals surface area contributed by atoms with Crippen LogP contribution in [-0.2, 0) is 19.6 Å². The summed E-state index contributed by atoms with van der Waals surface area (Å²) in [6.45, 7) is 0. The van der Waals surface area contributed by atoms with Gasteiger partial charge in [0.2, 0.25) is 0 Å². The second-order valence-corrected chi connectivity index (χ2v) is 7.70. The predicted molar refractivity (Wildman–Crippen MR) is 90.6 cm³/mol. The van der Waals surface area contributed by atoms with E-state index in [-0.39, 0.29) is 17.1 Å². The molecule has 2 heterocycles. The van der Waals surface area contributed by atoms with Crippen molar-refractivity contribution in [1.82, 2.24) is 0 Å². The second kappa shape index (κ2) is 5.21. The number of anilines is 1. The van der Waals surface area contributed by atoms with Gasteiger partial charge < -0.3 is 4.74 Å². The number of carbonyl (C=O) groups is 1. The quantitative estimate of drug-likeness (QED) is 0.800. The van der Waals surface area contributed by atoms with E-state index in [1.807, 2.05) is 30.3 Å². The van der Waals surface area contributed by atoms with E-state index >= 15 is 0 Å². The van der Waals surface area contributed by atoms with Crippen molar-refractivity contribution < 1.29 is 17.9 Å². The van der Waals surface area contributed by atoms with Crippen molar-refractivity contribution in [2.45, 2.75) is 12.5 Å². The minimum atomic E-state index is -3.89. The van der Waals surface area contributed by atoms with Crippen LogP contribution in [0.3, 0.4) is 0 Å². The lowest BCUT2D eigenvalue weighted by atomic mass is 9.99. The number of fused-ring (bicyclic) bond motifs is 2. The van der Waals surface area contributed by atoms with Gasteiger partial charge in [-0.15, -0.1) is 0 Å². The highest BCUT2D eigenvalue weighted by atomic mass is 32.2. The lowest BCUT2D eigenvalue weighted by Gasteiger charge is -2.35. The summed E-state index contributed by atoms with van der Waals surface area (Å²) in [5.74, 6) is -0.250. The molecular formula is C18H15NO4S. The summed E-state index contributed by atoms with van der Waals surface area (Å²) >= 11 is 0. The van der Waals surface area contributed by atoms with Crippen molar-refractivity contribution in [3.63, 3.8) is 0 Å². The van der Waals surface area contributed by atoms with Crippen molar-refractivity contribution in [2.24, 2.45) is 0 Å². The molecule has 2 aliphatic heterocycles. The van der Waals surface area contributed by atoms with Gasteiger partial charge in [-0.1, -0.05) is 42.5 Å². The van der Waals surface area contributed by atoms with E-state index in [1.165, 1.54) is 7.05 Å². The van der Waals surface area contributed by atoms with E-state index in [9.17, 15) is 13.2 Å². The highest BCUT2D eigenvalue weighted by molar-refractivity contribution is 7.97. The molecule has 0 bridgehead atoms. The first kappa shape index (κ1) is 15.0. The summed E-state index contributed by atoms with van der Waals surface area (Å²) in [4.78, 5) is 12.4. The SMILES string of the molecule is CN1c2ccccc2C2=C(C(=O)CC(c3ccccc3)O2)S1(=O)=O. The van der Waals surface area contributed by atoms with E-state index in [4.69, 9.17) is 4.74 Å². The van der Waals surface area contributed by atoms with E-state index < -0.39 is 21.9 Å². The summed E-state index contributed by atoms with van der Waals surface area (Å²) in [6.07, 6.45) is -0.470. The maximum absolute atomic E-state index is 12.7. The van der Waals surface area contributed by atoms with E-state index in [0.717, 1.165) is 9.87 Å². The Bertz CT molecular complexity index is 964. The molecule has 0 radical (unpaired) electrons. The van der Waals surface area contributed by atoms with Crippen molar-refractivity contribution in [1.29, 1.82) is 0 Å². The number of hydrogen-bond acceptors (Lipinski definition) is 4. The molecule has 0 saturated heterocycles. The minimum absolute atomic E-state index is 0.0120.